The minimum atomic E-state index is -3.72. The Bertz CT molecular complexity index is 1080. The maximum absolute atomic E-state index is 13.2. The van der Waals surface area contributed by atoms with Gasteiger partial charge in [-0.15, -0.1) is 0 Å². The predicted molar refractivity (Wildman–Crippen MR) is 123 cm³/mol. The molecule has 3 rings (SSSR count). The molecule has 0 radical (unpaired) electrons. The number of piperidine rings is 1. The van der Waals surface area contributed by atoms with Crippen molar-refractivity contribution in [1.29, 1.82) is 0 Å². The van der Waals surface area contributed by atoms with E-state index in [1.165, 1.54) is 11.2 Å². The fourth-order valence-corrected chi connectivity index (χ4v) is 5.32. The number of rotatable bonds is 7. The molecule has 0 aliphatic carbocycles. The van der Waals surface area contributed by atoms with Crippen LogP contribution in [-0.4, -0.2) is 44.2 Å². The lowest BCUT2D eigenvalue weighted by atomic mass is 9.98. The molecular formula is C23H29N3O5S. The number of nitrogens with one attached hydrogen (secondary N) is 2. The Morgan fingerprint density at radius 2 is 1.75 bits per heavy atom. The van der Waals surface area contributed by atoms with Crippen molar-refractivity contribution in [3.05, 3.63) is 48.0 Å². The lowest BCUT2D eigenvalue weighted by Crippen LogP contribution is -2.43. The number of carbonyl (C=O) groups excluding carboxylic acids is 2. The maximum Gasteiger partial charge on any atom is 0.243 e. The Kier molecular flexibility index (Phi) is 7.52. The Morgan fingerprint density at radius 3 is 2.34 bits per heavy atom. The summed E-state index contributed by atoms with van der Waals surface area (Å²) in [7, 11) is -3.72. The summed E-state index contributed by atoms with van der Waals surface area (Å²) in [5.74, 6) is -0.183. The number of carbonyl (C=O) groups is 2. The van der Waals surface area contributed by atoms with Crippen LogP contribution in [0.5, 0.6) is 5.75 Å². The zero-order chi connectivity index (χ0) is 23.3. The van der Waals surface area contributed by atoms with Crippen LogP contribution in [0.4, 0.5) is 11.4 Å². The van der Waals surface area contributed by atoms with Gasteiger partial charge in [0.25, 0.3) is 0 Å². The van der Waals surface area contributed by atoms with Crippen molar-refractivity contribution >= 4 is 33.2 Å². The van der Waals surface area contributed by atoms with Gasteiger partial charge in [-0.05, 0) is 74.7 Å². The summed E-state index contributed by atoms with van der Waals surface area (Å²) in [6.07, 6.45) is 1.22. The lowest BCUT2D eigenvalue weighted by Gasteiger charge is -2.31. The van der Waals surface area contributed by atoms with E-state index < -0.39 is 15.9 Å². The first-order valence-corrected chi connectivity index (χ1v) is 12.1. The van der Waals surface area contributed by atoms with Gasteiger partial charge >= 0.3 is 0 Å². The van der Waals surface area contributed by atoms with Crippen molar-refractivity contribution in [2.75, 3.05) is 30.3 Å². The fourth-order valence-electron chi connectivity index (χ4n) is 3.71. The minimum absolute atomic E-state index is 0.129. The van der Waals surface area contributed by atoms with Crippen LogP contribution in [0.1, 0.15) is 32.3 Å². The molecule has 0 aromatic heterocycles. The summed E-state index contributed by atoms with van der Waals surface area (Å²) in [5, 5.41) is 5.51. The molecular weight excluding hydrogens is 430 g/mol. The van der Waals surface area contributed by atoms with Gasteiger partial charge in [0.2, 0.25) is 21.8 Å². The molecule has 0 spiro atoms. The molecule has 1 atom stereocenters. The average Bonchev–Trinajstić information content (AvgIpc) is 2.76. The van der Waals surface area contributed by atoms with Gasteiger partial charge in [-0.25, -0.2) is 8.42 Å². The van der Waals surface area contributed by atoms with Crippen LogP contribution in [-0.2, 0) is 19.6 Å². The van der Waals surface area contributed by atoms with Gasteiger partial charge in [-0.1, -0.05) is 0 Å². The smallest absolute Gasteiger partial charge is 0.243 e. The normalized spacial score (nSPS) is 16.9. The summed E-state index contributed by atoms with van der Waals surface area (Å²) in [6, 6.07) is 11.6. The number of amides is 2. The summed E-state index contributed by atoms with van der Waals surface area (Å²) in [6.45, 7) is 6.13. The van der Waals surface area contributed by atoms with Gasteiger partial charge in [-0.3, -0.25) is 9.59 Å². The van der Waals surface area contributed by atoms with Crippen LogP contribution in [0.25, 0.3) is 0 Å². The van der Waals surface area contributed by atoms with Gasteiger partial charge in [0.1, 0.15) is 5.75 Å². The molecule has 1 saturated heterocycles. The third kappa shape index (κ3) is 5.66. The number of hydrogen-bond donors (Lipinski definition) is 2. The van der Waals surface area contributed by atoms with Crippen LogP contribution in [0.2, 0.25) is 0 Å². The second-order valence-electron chi connectivity index (χ2n) is 7.81. The molecule has 0 unspecified atom stereocenters. The summed E-state index contributed by atoms with van der Waals surface area (Å²) >= 11 is 0. The number of benzene rings is 2. The SMILES string of the molecule is CCOc1ccc(S(=O)(=O)N2CCC[C@H](C(=O)Nc3ccc(NC(C)=O)cc3)C2)cc1C. The molecule has 2 N–H and O–H groups in total. The maximum atomic E-state index is 13.2. The molecule has 0 bridgehead atoms. The van der Waals surface area contributed by atoms with E-state index in [1.54, 1.807) is 42.5 Å². The summed E-state index contributed by atoms with van der Waals surface area (Å²) < 4.78 is 33.2. The van der Waals surface area contributed by atoms with Crippen molar-refractivity contribution in [3.8, 4) is 5.75 Å². The zero-order valence-corrected chi connectivity index (χ0v) is 19.4. The lowest BCUT2D eigenvalue weighted by molar-refractivity contribution is -0.121. The van der Waals surface area contributed by atoms with E-state index in [0.717, 1.165) is 5.56 Å². The predicted octanol–water partition coefficient (Wildman–Crippen LogP) is 3.39. The van der Waals surface area contributed by atoms with Crippen LogP contribution < -0.4 is 15.4 Å². The Labute approximate surface area is 189 Å². The Hall–Kier alpha value is -2.91. The molecule has 172 valence electrons. The van der Waals surface area contributed by atoms with Crippen LogP contribution >= 0.6 is 0 Å². The fraction of sp³-hybridized carbons (Fsp3) is 0.391. The number of sulfonamides is 1. The van der Waals surface area contributed by atoms with Crippen molar-refractivity contribution in [2.24, 2.45) is 5.92 Å². The largest absolute Gasteiger partial charge is 0.494 e. The standard InChI is InChI=1S/C23H29N3O5S/c1-4-31-22-12-11-21(14-16(22)2)32(29,30)26-13-5-6-18(15-26)23(28)25-20-9-7-19(8-10-20)24-17(3)27/h7-12,14,18H,4-6,13,15H2,1-3H3,(H,24,27)(H,25,28)/t18-/m0/s1. The van der Waals surface area contributed by atoms with Gasteiger partial charge in [0.15, 0.2) is 0 Å². The zero-order valence-electron chi connectivity index (χ0n) is 18.6. The van der Waals surface area contributed by atoms with Crippen LogP contribution in [0, 0.1) is 12.8 Å². The Balaban J connectivity index is 1.68. The van der Waals surface area contributed by atoms with Crippen molar-refractivity contribution in [2.45, 2.75) is 38.5 Å². The second kappa shape index (κ2) is 10.1. The monoisotopic (exact) mass is 459 g/mol. The van der Waals surface area contributed by atoms with Gasteiger partial charge in [-0.2, -0.15) is 4.31 Å². The molecule has 2 aromatic rings. The van der Waals surface area contributed by atoms with Gasteiger partial charge < -0.3 is 15.4 Å². The second-order valence-corrected chi connectivity index (χ2v) is 9.75. The molecule has 1 heterocycles. The van der Waals surface area contributed by atoms with Crippen LogP contribution in [0.15, 0.2) is 47.4 Å². The molecule has 1 fully saturated rings. The highest BCUT2D eigenvalue weighted by atomic mass is 32.2. The molecule has 9 heteroatoms. The molecule has 2 aromatic carbocycles. The van der Waals surface area contributed by atoms with Crippen molar-refractivity contribution in [3.63, 3.8) is 0 Å². The molecule has 8 nitrogen and oxygen atoms in total. The summed E-state index contributed by atoms with van der Waals surface area (Å²) in [5.41, 5.74) is 1.98. The molecule has 32 heavy (non-hydrogen) atoms. The third-order valence-corrected chi connectivity index (χ3v) is 7.17. The highest BCUT2D eigenvalue weighted by Crippen LogP contribution is 2.28. The van der Waals surface area contributed by atoms with E-state index in [9.17, 15) is 18.0 Å². The number of nitrogens with zero attached hydrogens (tertiary/aromatic N) is 1. The van der Waals surface area contributed by atoms with Gasteiger partial charge in [0, 0.05) is 31.4 Å². The van der Waals surface area contributed by atoms with E-state index in [0.29, 0.717) is 43.1 Å². The first kappa shape index (κ1) is 23.7. The van der Waals surface area contributed by atoms with Crippen molar-refractivity contribution < 1.29 is 22.7 Å². The third-order valence-electron chi connectivity index (χ3n) is 5.31. The van der Waals surface area contributed by atoms with E-state index >= 15 is 0 Å². The number of hydrogen-bond acceptors (Lipinski definition) is 5. The first-order valence-electron chi connectivity index (χ1n) is 10.6. The van der Waals surface area contributed by atoms with Gasteiger partial charge in [0.05, 0.1) is 17.4 Å². The number of aryl methyl sites for hydroxylation is 1. The number of anilines is 2. The summed E-state index contributed by atoms with van der Waals surface area (Å²) in [4.78, 5) is 24.1. The topological polar surface area (TPSA) is 105 Å². The molecule has 1 aliphatic heterocycles. The van der Waals surface area contributed by atoms with E-state index in [1.807, 2.05) is 13.8 Å². The molecule has 0 saturated carbocycles. The minimum Gasteiger partial charge on any atom is -0.494 e. The number of ether oxygens (including phenoxy) is 1. The molecule has 1 aliphatic rings. The highest BCUT2D eigenvalue weighted by molar-refractivity contribution is 7.89. The molecule has 2 amide bonds. The van der Waals surface area contributed by atoms with Crippen LogP contribution in [0.3, 0.4) is 0 Å². The highest BCUT2D eigenvalue weighted by Gasteiger charge is 2.33. The first-order chi connectivity index (χ1) is 15.2. The average molecular weight is 460 g/mol. The van der Waals surface area contributed by atoms with E-state index in [2.05, 4.69) is 10.6 Å². The Morgan fingerprint density at radius 1 is 1.09 bits per heavy atom. The quantitative estimate of drug-likeness (QED) is 0.660. The van der Waals surface area contributed by atoms with Crippen molar-refractivity contribution in [1.82, 2.24) is 4.31 Å². The van der Waals surface area contributed by atoms with E-state index in [4.69, 9.17) is 4.74 Å². The van der Waals surface area contributed by atoms with E-state index in [-0.39, 0.29) is 23.3 Å².